The summed E-state index contributed by atoms with van der Waals surface area (Å²) in [5, 5.41) is 2.92. The van der Waals surface area contributed by atoms with Crippen LogP contribution in [0.2, 0.25) is 13.3 Å². The average molecular weight is 1570 g/mol. The van der Waals surface area contributed by atoms with Crippen molar-refractivity contribution in [1.82, 2.24) is 33.6 Å². The summed E-state index contributed by atoms with van der Waals surface area (Å²) < 4.78 is 94.6. The van der Waals surface area contributed by atoms with Crippen LogP contribution in [0.3, 0.4) is 0 Å². The summed E-state index contributed by atoms with van der Waals surface area (Å²) >= 11 is 0.374. The number of aromatic nitrogens is 6. The van der Waals surface area contributed by atoms with E-state index in [4.69, 9.17) is 27.4 Å². The van der Waals surface area contributed by atoms with Gasteiger partial charge >= 0.3 is 188 Å². The minimum Gasteiger partial charge on any atom is -0.463 e. The van der Waals surface area contributed by atoms with Crippen molar-refractivity contribution >= 4 is 67.2 Å². The van der Waals surface area contributed by atoms with E-state index in [1.165, 1.54) is 96.4 Å². The van der Waals surface area contributed by atoms with Crippen LogP contribution < -0.4 is 13.9 Å². The number of nitrogens with zero attached hydrogens (tertiary/aromatic N) is 8. The maximum absolute atomic E-state index is 13.6. The molecule has 1 N–H and O–H groups in total. The first-order valence-electron chi connectivity index (χ1n) is 33.7. The van der Waals surface area contributed by atoms with E-state index in [-0.39, 0.29) is 60.1 Å². The molecule has 1 aliphatic rings. The number of carbonyl (C=O) groups is 3. The van der Waals surface area contributed by atoms with Crippen LogP contribution in [-0.4, -0.2) is 117 Å². The van der Waals surface area contributed by atoms with Crippen LogP contribution in [0.15, 0.2) is 170 Å². The monoisotopic (exact) mass is 1570 g/mol. The summed E-state index contributed by atoms with van der Waals surface area (Å²) in [5.74, 6) is -0.577. The van der Waals surface area contributed by atoms with Gasteiger partial charge in [0.05, 0.1) is 38.3 Å². The van der Waals surface area contributed by atoms with Gasteiger partial charge in [-0.2, -0.15) is 0 Å². The number of esters is 2. The molecule has 7 heterocycles. The largest absolute Gasteiger partial charge is 0.463 e. The molecule has 10 aromatic rings. The van der Waals surface area contributed by atoms with E-state index in [2.05, 4.69) is 103 Å². The SMILES string of the molecule is C.CC(C)n1cnc(-c2ccc(F)cc2)c1-c1ccc(C(=O)Nc2ccc(N3CCN(C)CC3)cc2)o1.CCC[CH2][Sn]([CH2]CCC)([CH2]CCC)[c]1c(-c2ccc(F)cc2)ncn1C(C)C.COC(=O)c1ccc(-c2c(-c3ccc(F)cc3)ncn2C(C)C)o1.COC(=O)c1ccc(Br)o1.FF. The van der Waals surface area contributed by atoms with Crippen molar-refractivity contribution in [2.24, 2.45) is 0 Å². The van der Waals surface area contributed by atoms with Gasteiger partial charge in [0, 0.05) is 69.9 Å². The van der Waals surface area contributed by atoms with Crippen LogP contribution in [0.4, 0.5) is 33.7 Å². The van der Waals surface area contributed by atoms with Gasteiger partial charge in [-0.1, -0.05) is 7.43 Å². The molecule has 0 atom stereocenters. The van der Waals surface area contributed by atoms with E-state index in [1.807, 2.05) is 73.2 Å². The van der Waals surface area contributed by atoms with E-state index < -0.39 is 30.3 Å². The zero-order chi connectivity index (χ0) is 72.6. The smallest absolute Gasteiger partial charge is 0.373 e. The van der Waals surface area contributed by atoms with E-state index in [1.54, 1.807) is 83.1 Å². The fourth-order valence-electron chi connectivity index (χ4n) is 11.8. The number of benzene rings is 4. The second-order valence-electron chi connectivity index (χ2n) is 25.1. The fourth-order valence-corrected chi connectivity index (χ4v) is 29.6. The van der Waals surface area contributed by atoms with Crippen molar-refractivity contribution in [3.8, 4) is 56.7 Å². The Hall–Kier alpha value is -8.55. The van der Waals surface area contributed by atoms with Gasteiger partial charge in [0.25, 0.3) is 5.91 Å². The van der Waals surface area contributed by atoms with Crippen LogP contribution in [0.1, 0.15) is 158 Å². The number of hydrogen-bond acceptors (Lipinski definition) is 13. The topological polar surface area (TPSA) is 181 Å². The molecule has 0 unspecified atom stereocenters. The Morgan fingerprint density at radius 2 is 0.891 bits per heavy atom. The summed E-state index contributed by atoms with van der Waals surface area (Å²) in [7, 11) is 4.74. The van der Waals surface area contributed by atoms with Crippen LogP contribution in [0, 0.1) is 17.5 Å². The summed E-state index contributed by atoms with van der Waals surface area (Å²) in [6.45, 7) is 23.7. The molecule has 101 heavy (non-hydrogen) atoms. The van der Waals surface area contributed by atoms with Crippen molar-refractivity contribution < 1.29 is 59.4 Å². The predicted molar refractivity (Wildman–Crippen MR) is 396 cm³/mol. The summed E-state index contributed by atoms with van der Waals surface area (Å²) in [6, 6.07) is 37.7. The van der Waals surface area contributed by atoms with Gasteiger partial charge in [-0.15, -0.1) is 0 Å². The molecule has 6 aromatic heterocycles. The molecule has 0 aliphatic carbocycles. The Balaban J connectivity index is 0.000000223. The Kier molecular flexibility index (Phi) is 31.9. The molecule has 0 radical (unpaired) electrons. The Bertz CT molecular complexity index is 4130. The average Bonchev–Trinajstić information content (AvgIpc) is 1.60. The Labute approximate surface area is 602 Å². The third-order valence-corrected chi connectivity index (χ3v) is 33.1. The molecule has 24 heteroatoms. The third kappa shape index (κ3) is 21.5. The summed E-state index contributed by atoms with van der Waals surface area (Å²) in [6.07, 6.45) is 13.3. The molecule has 11 rings (SSSR count). The molecule has 0 bridgehead atoms. The number of rotatable bonds is 23. The first-order valence-corrected chi connectivity index (χ1v) is 42.0. The van der Waals surface area contributed by atoms with E-state index in [9.17, 15) is 27.6 Å². The van der Waals surface area contributed by atoms with Crippen LogP contribution in [-0.2, 0) is 9.47 Å². The van der Waals surface area contributed by atoms with Crippen molar-refractivity contribution in [3.05, 3.63) is 192 Å². The molecular formula is C77H95BrF5N9O8Sn. The number of likely N-dealkylation sites (N-methyl/N-ethyl adjacent to an activating group) is 1. The second-order valence-corrected chi connectivity index (χ2v) is 38.9. The van der Waals surface area contributed by atoms with E-state index >= 15 is 0 Å². The maximum atomic E-state index is 13.6. The number of furan rings is 3. The standard InChI is InChI=1S/C28H30FN5O2.C18H17FN2O3.C12H12FN2.C6H5BrO3.3C4H9.CH4.F2.Sn/c1-19(2)34-18-30-26(20-4-6-21(29)7-5-20)27(34)24-12-13-25(36-24)28(35)31-22-8-10-23(11-9-22)33-16-14-32(3)15-17-33;1-11(2)21-10-20-16(12-4-6-13(19)7-5-12)17(21)14-8-9-15(24-14)18(22)23-3;1-9(2)15-7-12(14-8-15)10-3-5-11(13)6-4-10;1-9-6(8)4-2-3-5(7)10-4;3*1-3-4-2;;1-2;/h4-13,18-19H,14-17H2,1-3H3,(H,31,35);4-11H,1-3H3;3-6,8-9H,1-2H3;2-3H,1H3;3*1,3-4H2,2H3;1H4;;. The molecule has 0 spiro atoms. The number of halogens is 6. The number of anilines is 2. The minimum absolute atomic E-state index is 0. The van der Waals surface area contributed by atoms with E-state index in [0.717, 1.165) is 65.6 Å². The zero-order valence-corrected chi connectivity index (χ0v) is 63.4. The molecule has 1 amide bonds. The fraction of sp³-hybridized carbons (Fsp3) is 0.377. The van der Waals surface area contributed by atoms with Crippen molar-refractivity contribution in [2.75, 3.05) is 57.7 Å². The number of piperazine rings is 1. The molecule has 1 aliphatic heterocycles. The minimum atomic E-state index is -2.68. The molecule has 4 aromatic carbocycles. The Morgan fingerprint density at radius 3 is 1.29 bits per heavy atom. The quantitative estimate of drug-likeness (QED) is 0.0363. The molecule has 1 fully saturated rings. The first kappa shape index (κ1) is 81.4. The van der Waals surface area contributed by atoms with Gasteiger partial charge in [-0.25, -0.2) is 28.3 Å². The van der Waals surface area contributed by atoms with Gasteiger partial charge in [-0.05, 0) is 160 Å². The number of hydrogen-bond donors (Lipinski definition) is 1. The zero-order valence-electron chi connectivity index (χ0n) is 59.0. The van der Waals surface area contributed by atoms with Gasteiger partial charge in [0.15, 0.2) is 22.0 Å². The Morgan fingerprint density at radius 1 is 0.515 bits per heavy atom. The van der Waals surface area contributed by atoms with Gasteiger partial charge in [0.1, 0.15) is 23.0 Å². The normalized spacial score (nSPS) is 12.1. The maximum Gasteiger partial charge on any atom is 0.373 e. The molecule has 1 saturated heterocycles. The predicted octanol–water partition coefficient (Wildman–Crippen LogP) is 20.5. The summed E-state index contributed by atoms with van der Waals surface area (Å²) in [5.41, 5.74) is 8.43. The molecule has 17 nitrogen and oxygen atoms in total. The van der Waals surface area contributed by atoms with Gasteiger partial charge < -0.3 is 47.0 Å². The number of ether oxygens (including phenoxy) is 2. The number of methoxy groups -OCH3 is 2. The second kappa shape index (κ2) is 39.6. The number of amides is 1. The van der Waals surface area contributed by atoms with Gasteiger partial charge in [0.2, 0.25) is 11.5 Å². The number of carbonyl (C=O) groups excluding carboxylic acids is 3. The van der Waals surface area contributed by atoms with Crippen LogP contribution >= 0.6 is 15.9 Å². The third-order valence-electron chi connectivity index (χ3n) is 17.2. The number of imidazole rings is 3. The van der Waals surface area contributed by atoms with Crippen LogP contribution in [0.25, 0.3) is 56.7 Å². The van der Waals surface area contributed by atoms with Crippen molar-refractivity contribution in [2.45, 2.75) is 140 Å². The molecule has 542 valence electrons. The van der Waals surface area contributed by atoms with Crippen molar-refractivity contribution in [3.63, 3.8) is 0 Å². The first-order chi connectivity index (χ1) is 48.1. The van der Waals surface area contributed by atoms with Gasteiger partial charge in [-0.3, -0.25) is 4.79 Å². The number of unbranched alkanes of at least 4 members (excludes halogenated alkanes) is 3. The van der Waals surface area contributed by atoms with Crippen LogP contribution in [0.5, 0.6) is 0 Å². The molecular weight excluding hydrogens is 1470 g/mol. The van der Waals surface area contributed by atoms with Crippen molar-refractivity contribution in [1.29, 1.82) is 0 Å². The van der Waals surface area contributed by atoms with E-state index in [0.29, 0.717) is 39.3 Å². The molecule has 0 saturated carbocycles. The summed E-state index contributed by atoms with van der Waals surface area (Å²) in [4.78, 5) is 53.9. The number of nitrogens with one attached hydrogen (secondary N) is 1.